The van der Waals surface area contributed by atoms with E-state index in [1.54, 1.807) is 0 Å². The average Bonchev–Trinajstić information content (AvgIpc) is 3.37. The maximum atomic E-state index is 13.1. The normalized spacial score (nSPS) is 14.9. The van der Waals surface area contributed by atoms with E-state index in [0.29, 0.717) is 17.3 Å². The fraction of sp³-hybridized carbons (Fsp3) is 0.500. The third kappa shape index (κ3) is 5.30. The summed E-state index contributed by atoms with van der Waals surface area (Å²) >= 11 is 1.43. The van der Waals surface area contributed by atoms with Crippen molar-refractivity contribution in [1.29, 1.82) is 0 Å². The molecular weight excluding hydrogens is 456 g/mol. The standard InChI is InChI=1S/C28H36N4O2S/c1-17-24(19(3)33)18(2)29-25(17)23(34)16-35-27-31-30-26(32(27)22-10-8-7-9-11-22)20-12-14-21(15-13-20)28(4,5)6/h12-15,22,29H,7-11,16H2,1-6H3. The zero-order valence-corrected chi connectivity index (χ0v) is 22.5. The van der Waals surface area contributed by atoms with Crippen molar-refractivity contribution in [1.82, 2.24) is 19.7 Å². The smallest absolute Gasteiger partial charge is 0.192 e. The summed E-state index contributed by atoms with van der Waals surface area (Å²) in [5.74, 6) is 1.06. The van der Waals surface area contributed by atoms with Crippen molar-refractivity contribution in [3.63, 3.8) is 0 Å². The van der Waals surface area contributed by atoms with Crippen molar-refractivity contribution in [3.05, 3.63) is 52.3 Å². The quantitative estimate of drug-likeness (QED) is 0.287. The highest BCUT2D eigenvalue weighted by Gasteiger charge is 2.26. The van der Waals surface area contributed by atoms with E-state index in [-0.39, 0.29) is 22.7 Å². The van der Waals surface area contributed by atoms with Gasteiger partial charge in [-0.05, 0) is 50.2 Å². The number of hydrogen-bond donors (Lipinski definition) is 1. The summed E-state index contributed by atoms with van der Waals surface area (Å²) in [6.07, 6.45) is 5.86. The minimum Gasteiger partial charge on any atom is -0.355 e. The van der Waals surface area contributed by atoms with Crippen molar-refractivity contribution in [3.8, 4) is 11.4 Å². The molecule has 0 atom stereocenters. The number of aromatic amines is 1. The number of nitrogens with zero attached hydrogens (tertiary/aromatic N) is 3. The van der Waals surface area contributed by atoms with Gasteiger partial charge < -0.3 is 4.98 Å². The van der Waals surface area contributed by atoms with E-state index in [4.69, 9.17) is 0 Å². The number of ketones is 2. The van der Waals surface area contributed by atoms with E-state index in [2.05, 4.69) is 64.8 Å². The second-order valence-corrected chi connectivity index (χ2v) is 11.6. The molecule has 6 nitrogen and oxygen atoms in total. The van der Waals surface area contributed by atoms with Gasteiger partial charge >= 0.3 is 0 Å². The number of H-pyrrole nitrogens is 1. The van der Waals surface area contributed by atoms with Crippen LogP contribution in [0.2, 0.25) is 0 Å². The number of Topliss-reactive ketones (excluding diaryl/α,β-unsaturated/α-hetero) is 2. The first-order valence-corrected chi connectivity index (χ1v) is 13.5. The molecule has 7 heteroatoms. The van der Waals surface area contributed by atoms with Gasteiger partial charge in [-0.2, -0.15) is 0 Å². The van der Waals surface area contributed by atoms with Gasteiger partial charge in [-0.25, -0.2) is 0 Å². The van der Waals surface area contributed by atoms with E-state index in [0.717, 1.165) is 40.6 Å². The highest BCUT2D eigenvalue weighted by molar-refractivity contribution is 7.99. The summed E-state index contributed by atoms with van der Waals surface area (Å²) in [4.78, 5) is 28.2. The van der Waals surface area contributed by atoms with Crippen LogP contribution in [0.25, 0.3) is 11.4 Å². The summed E-state index contributed by atoms with van der Waals surface area (Å²) in [5.41, 5.74) is 5.03. The Morgan fingerprint density at radius 2 is 1.71 bits per heavy atom. The fourth-order valence-corrected chi connectivity index (χ4v) is 6.00. The molecule has 1 N–H and O–H groups in total. The molecule has 0 spiro atoms. The third-order valence-electron chi connectivity index (χ3n) is 7.01. The number of thioether (sulfide) groups is 1. The summed E-state index contributed by atoms with van der Waals surface area (Å²) in [6.45, 7) is 11.8. The molecular formula is C28H36N4O2S. The van der Waals surface area contributed by atoms with Crippen LogP contribution in [0.15, 0.2) is 29.4 Å². The van der Waals surface area contributed by atoms with Gasteiger partial charge in [0.25, 0.3) is 0 Å². The van der Waals surface area contributed by atoms with E-state index in [9.17, 15) is 9.59 Å². The lowest BCUT2D eigenvalue weighted by molar-refractivity contribution is 0.101. The van der Waals surface area contributed by atoms with Crippen molar-refractivity contribution >= 4 is 23.3 Å². The van der Waals surface area contributed by atoms with Crippen molar-refractivity contribution < 1.29 is 9.59 Å². The highest BCUT2D eigenvalue weighted by Crippen LogP contribution is 2.36. The van der Waals surface area contributed by atoms with Crippen LogP contribution in [-0.2, 0) is 5.41 Å². The molecule has 3 aromatic rings. The molecule has 1 aliphatic carbocycles. The summed E-state index contributed by atoms with van der Waals surface area (Å²) in [6, 6.07) is 8.96. The van der Waals surface area contributed by atoms with Gasteiger partial charge in [-0.1, -0.05) is 76.1 Å². The van der Waals surface area contributed by atoms with Crippen LogP contribution in [0.3, 0.4) is 0 Å². The van der Waals surface area contributed by atoms with Crippen LogP contribution in [-0.4, -0.2) is 37.1 Å². The van der Waals surface area contributed by atoms with Crippen LogP contribution in [0, 0.1) is 13.8 Å². The SMILES string of the molecule is CC(=O)c1c(C)[nH]c(C(=O)CSc2nnc(-c3ccc(C(C)(C)C)cc3)n2C2CCCCC2)c1C. The third-order valence-corrected chi connectivity index (χ3v) is 7.96. The number of aromatic nitrogens is 4. The molecule has 0 amide bonds. The molecule has 1 fully saturated rings. The van der Waals surface area contributed by atoms with Gasteiger partial charge in [0.05, 0.1) is 11.4 Å². The fourth-order valence-electron chi connectivity index (χ4n) is 5.12. The van der Waals surface area contributed by atoms with Crippen molar-refractivity contribution in [2.45, 2.75) is 90.3 Å². The van der Waals surface area contributed by atoms with Crippen LogP contribution in [0.4, 0.5) is 0 Å². The summed E-state index contributed by atoms with van der Waals surface area (Å²) in [5, 5.41) is 9.91. The summed E-state index contributed by atoms with van der Waals surface area (Å²) in [7, 11) is 0. The van der Waals surface area contributed by atoms with Gasteiger partial charge in [0.1, 0.15) is 0 Å². The number of hydrogen-bond acceptors (Lipinski definition) is 5. The molecule has 0 aliphatic heterocycles. The van der Waals surface area contributed by atoms with E-state index in [1.165, 1.54) is 43.5 Å². The first-order valence-electron chi connectivity index (χ1n) is 12.5. The van der Waals surface area contributed by atoms with Crippen LogP contribution < -0.4 is 0 Å². The molecule has 0 bridgehead atoms. The van der Waals surface area contributed by atoms with Crippen molar-refractivity contribution in [2.24, 2.45) is 0 Å². The van der Waals surface area contributed by atoms with Gasteiger partial charge in [0.2, 0.25) is 0 Å². The minimum atomic E-state index is -0.0302. The number of carbonyl (C=O) groups excluding carboxylic acids is 2. The number of carbonyl (C=O) groups is 2. The van der Waals surface area contributed by atoms with Crippen LogP contribution in [0.5, 0.6) is 0 Å². The topological polar surface area (TPSA) is 80.6 Å². The Morgan fingerprint density at radius 1 is 1.06 bits per heavy atom. The predicted molar refractivity (Wildman–Crippen MR) is 142 cm³/mol. The monoisotopic (exact) mass is 492 g/mol. The Bertz CT molecular complexity index is 1230. The molecule has 0 saturated heterocycles. The lowest BCUT2D eigenvalue weighted by atomic mass is 9.86. The second-order valence-electron chi connectivity index (χ2n) is 10.7. The zero-order chi connectivity index (χ0) is 25.3. The van der Waals surface area contributed by atoms with Crippen LogP contribution >= 0.6 is 11.8 Å². The molecule has 35 heavy (non-hydrogen) atoms. The molecule has 2 aromatic heterocycles. The molecule has 4 rings (SSSR count). The molecule has 0 unspecified atom stereocenters. The molecule has 0 radical (unpaired) electrons. The second kappa shape index (κ2) is 10.1. The van der Waals surface area contributed by atoms with Gasteiger partial charge in [-0.3, -0.25) is 14.2 Å². The number of rotatable bonds is 7. The Hall–Kier alpha value is -2.67. The summed E-state index contributed by atoms with van der Waals surface area (Å²) < 4.78 is 2.26. The van der Waals surface area contributed by atoms with E-state index >= 15 is 0 Å². The van der Waals surface area contributed by atoms with Gasteiger partial charge in [0.15, 0.2) is 22.5 Å². The first kappa shape index (κ1) is 25.4. The van der Waals surface area contributed by atoms with Gasteiger partial charge in [0, 0.05) is 22.9 Å². The number of aryl methyl sites for hydroxylation is 1. The Kier molecular flexibility index (Phi) is 7.36. The first-order chi connectivity index (χ1) is 16.6. The lowest BCUT2D eigenvalue weighted by Gasteiger charge is -2.26. The Balaban J connectivity index is 1.62. The average molecular weight is 493 g/mol. The van der Waals surface area contributed by atoms with Crippen molar-refractivity contribution in [2.75, 3.05) is 5.75 Å². The Morgan fingerprint density at radius 3 is 2.29 bits per heavy atom. The van der Waals surface area contributed by atoms with Gasteiger partial charge in [-0.15, -0.1) is 10.2 Å². The molecule has 1 saturated carbocycles. The largest absolute Gasteiger partial charge is 0.355 e. The lowest BCUT2D eigenvalue weighted by Crippen LogP contribution is -2.16. The Labute approximate surface area is 212 Å². The minimum absolute atomic E-state index is 0.0258. The van der Waals surface area contributed by atoms with E-state index in [1.807, 2.05) is 13.8 Å². The predicted octanol–water partition coefficient (Wildman–Crippen LogP) is 6.87. The molecule has 1 aromatic carbocycles. The molecule has 2 heterocycles. The van der Waals surface area contributed by atoms with Crippen LogP contribution in [0.1, 0.15) is 104 Å². The maximum Gasteiger partial charge on any atom is 0.192 e. The number of benzene rings is 1. The zero-order valence-electron chi connectivity index (χ0n) is 21.7. The van der Waals surface area contributed by atoms with E-state index < -0.39 is 0 Å². The maximum absolute atomic E-state index is 13.1. The molecule has 1 aliphatic rings. The highest BCUT2D eigenvalue weighted by atomic mass is 32.2. The molecule has 186 valence electrons. The number of nitrogens with one attached hydrogen (secondary N) is 1.